The Kier molecular flexibility index (Phi) is 9.06. The predicted octanol–water partition coefficient (Wildman–Crippen LogP) is 7.64. The first kappa shape index (κ1) is 31.9. The Morgan fingerprint density at radius 2 is 1.52 bits per heavy atom. The zero-order valence-electron chi connectivity index (χ0n) is 21.0. The second kappa shape index (κ2) is 11.9. The minimum absolute atomic E-state index is 0.0140. The Morgan fingerprint density at radius 3 is 2.07 bits per heavy atom. The Morgan fingerprint density at radius 1 is 0.929 bits per heavy atom. The van der Waals surface area contributed by atoms with Gasteiger partial charge in [0.2, 0.25) is 5.91 Å². The van der Waals surface area contributed by atoms with Gasteiger partial charge in [0.15, 0.2) is 0 Å². The van der Waals surface area contributed by atoms with Crippen molar-refractivity contribution >= 4 is 18.2 Å². The van der Waals surface area contributed by atoms with Crippen molar-refractivity contribution in [3.8, 4) is 0 Å². The van der Waals surface area contributed by atoms with Crippen molar-refractivity contribution in [2.24, 2.45) is 0 Å². The van der Waals surface area contributed by atoms with Crippen LogP contribution in [0.15, 0.2) is 54.3 Å². The molecular weight excluding hydrogens is 616 g/mol. The maximum Gasteiger partial charge on any atom is 0.550 e. The van der Waals surface area contributed by atoms with E-state index in [0.29, 0.717) is 17.7 Å². The van der Waals surface area contributed by atoms with Crippen LogP contribution < -0.4 is 0 Å². The van der Waals surface area contributed by atoms with Crippen LogP contribution in [0.3, 0.4) is 0 Å². The van der Waals surface area contributed by atoms with Crippen LogP contribution in [-0.2, 0) is 35.3 Å². The van der Waals surface area contributed by atoms with E-state index >= 15 is 0 Å². The molecule has 2 unspecified atom stereocenters. The maximum atomic E-state index is 13.7. The average molecular weight is 635 g/mol. The molecule has 6 nitrogen and oxygen atoms in total. The number of benzene rings is 2. The molecule has 42 heavy (non-hydrogen) atoms. The van der Waals surface area contributed by atoms with Gasteiger partial charge in [0, 0.05) is 12.5 Å². The lowest BCUT2D eigenvalue weighted by molar-refractivity contribution is -0.441. The van der Waals surface area contributed by atoms with Crippen LogP contribution in [0.25, 0.3) is 0 Å². The Balaban J connectivity index is 1.63. The van der Waals surface area contributed by atoms with E-state index in [1.165, 1.54) is 30.0 Å². The first-order chi connectivity index (χ1) is 19.4. The lowest BCUT2D eigenvalue weighted by Gasteiger charge is -2.30. The standard InChI is InChI=1S/C25H19F10NO5S/c1-12(14-6-15(23(27,28)29)8-16(7-14)24(30,31)32)38-20-11-36-19(22(20)13-2-4-17(26)5-3-13)9-18(10-21(36)37)39-42-41-40-25(33,34)35/h2-9,12,19-20,22H,10-11H2,1H3/t12-,19?,20?,22+/m1/s1. The van der Waals surface area contributed by atoms with Gasteiger partial charge in [0.1, 0.15) is 11.6 Å². The normalized spacial score (nSPS) is 22.2. The number of hydrogen-bond donors (Lipinski definition) is 0. The summed E-state index contributed by atoms with van der Waals surface area (Å²) in [5.41, 5.74) is -3.09. The summed E-state index contributed by atoms with van der Waals surface area (Å²) in [4.78, 5) is 17.3. The van der Waals surface area contributed by atoms with Gasteiger partial charge < -0.3 is 13.8 Å². The molecule has 0 aliphatic carbocycles. The average Bonchev–Trinajstić information content (AvgIpc) is 3.23. The van der Waals surface area contributed by atoms with E-state index in [1.807, 2.05) is 0 Å². The van der Waals surface area contributed by atoms with Crippen molar-refractivity contribution in [1.29, 1.82) is 0 Å². The highest BCUT2D eigenvalue weighted by Gasteiger charge is 2.48. The Bertz CT molecular complexity index is 1280. The molecule has 4 atom stereocenters. The number of carbonyl (C=O) groups excluding carboxylic acids is 1. The molecule has 0 aromatic heterocycles. The highest BCUT2D eigenvalue weighted by molar-refractivity contribution is 7.89. The van der Waals surface area contributed by atoms with Gasteiger partial charge in [-0.15, -0.1) is 22.4 Å². The van der Waals surface area contributed by atoms with Crippen molar-refractivity contribution < 1.29 is 66.8 Å². The largest absolute Gasteiger partial charge is 0.550 e. The molecule has 0 radical (unpaired) electrons. The number of fused-ring (bicyclic) bond motifs is 1. The van der Waals surface area contributed by atoms with E-state index in [0.717, 1.165) is 12.1 Å². The predicted molar refractivity (Wildman–Crippen MR) is 124 cm³/mol. The van der Waals surface area contributed by atoms with Crippen LogP contribution >= 0.6 is 12.3 Å². The lowest BCUT2D eigenvalue weighted by atomic mass is 9.88. The van der Waals surface area contributed by atoms with Crippen molar-refractivity contribution in [2.75, 3.05) is 6.54 Å². The van der Waals surface area contributed by atoms with Crippen LogP contribution in [0.1, 0.15) is 47.6 Å². The molecule has 2 heterocycles. The second-order valence-electron chi connectivity index (χ2n) is 9.33. The fraction of sp³-hybridized carbons (Fsp3) is 0.400. The number of nitrogens with zero attached hydrogens (tertiary/aromatic N) is 1. The molecule has 2 aromatic rings. The third-order valence-electron chi connectivity index (χ3n) is 6.52. The SMILES string of the molecule is C[C@@H](OC1CN2C(=O)CC(OSOOC(F)(F)F)=CC2[C@@H]1c1ccc(F)cc1)c1cc(C(F)(F)F)cc(C(F)(F)F)c1. The molecule has 2 aromatic carbocycles. The molecule has 2 aliphatic rings. The number of carbonyl (C=O) groups is 1. The molecule has 1 saturated heterocycles. The number of hydrogen-bond acceptors (Lipinski definition) is 6. The highest BCUT2D eigenvalue weighted by Crippen LogP contribution is 2.43. The fourth-order valence-electron chi connectivity index (χ4n) is 4.75. The summed E-state index contributed by atoms with van der Waals surface area (Å²) in [6, 6.07) is 5.09. The summed E-state index contributed by atoms with van der Waals surface area (Å²) in [6.07, 6.45) is -16.7. The van der Waals surface area contributed by atoms with Gasteiger partial charge in [0.05, 0.1) is 35.8 Å². The quantitative estimate of drug-likeness (QED) is 0.0978. The Hall–Kier alpha value is -3.02. The van der Waals surface area contributed by atoms with E-state index in [4.69, 9.17) is 8.92 Å². The number of ether oxygens (including phenoxy) is 1. The summed E-state index contributed by atoms with van der Waals surface area (Å²) in [5.74, 6) is -2.13. The molecule has 1 amide bonds. The molecule has 0 bridgehead atoms. The summed E-state index contributed by atoms with van der Waals surface area (Å²) in [6.45, 7) is 1.08. The monoisotopic (exact) mass is 635 g/mol. The molecule has 0 spiro atoms. The first-order valence-electron chi connectivity index (χ1n) is 11.9. The van der Waals surface area contributed by atoms with Crippen LogP contribution in [-0.4, -0.2) is 35.9 Å². The summed E-state index contributed by atoms with van der Waals surface area (Å²) in [5, 5.41) is 0. The lowest BCUT2D eigenvalue weighted by Crippen LogP contribution is -2.39. The van der Waals surface area contributed by atoms with E-state index in [1.54, 1.807) is 0 Å². The molecule has 0 saturated carbocycles. The zero-order chi connectivity index (χ0) is 31.0. The number of amides is 1. The van der Waals surface area contributed by atoms with Crippen molar-refractivity contribution in [3.63, 3.8) is 0 Å². The Labute approximate surface area is 235 Å². The van der Waals surface area contributed by atoms with Gasteiger partial charge in [-0.05, 0) is 54.5 Å². The summed E-state index contributed by atoms with van der Waals surface area (Å²) >= 11 is -0.209. The molecule has 17 heteroatoms. The van der Waals surface area contributed by atoms with Crippen molar-refractivity contribution in [2.45, 2.75) is 56.2 Å². The highest BCUT2D eigenvalue weighted by atomic mass is 32.2. The van der Waals surface area contributed by atoms with E-state index in [-0.39, 0.29) is 30.7 Å². The third-order valence-corrected chi connectivity index (χ3v) is 6.92. The minimum atomic E-state index is -5.12. The molecule has 2 aliphatic heterocycles. The molecule has 4 rings (SSSR count). The summed E-state index contributed by atoms with van der Waals surface area (Å²) in [7, 11) is 0. The van der Waals surface area contributed by atoms with Gasteiger partial charge in [-0.2, -0.15) is 26.3 Å². The third kappa shape index (κ3) is 7.67. The molecule has 230 valence electrons. The van der Waals surface area contributed by atoms with Gasteiger partial charge in [-0.3, -0.25) is 4.79 Å². The van der Waals surface area contributed by atoms with Crippen LogP contribution in [0.5, 0.6) is 0 Å². The van der Waals surface area contributed by atoms with Gasteiger partial charge in [0.25, 0.3) is 12.3 Å². The van der Waals surface area contributed by atoms with Gasteiger partial charge in [-0.25, -0.2) is 4.39 Å². The van der Waals surface area contributed by atoms with Gasteiger partial charge >= 0.3 is 18.7 Å². The maximum absolute atomic E-state index is 13.7. The van der Waals surface area contributed by atoms with Gasteiger partial charge in [-0.1, -0.05) is 12.1 Å². The van der Waals surface area contributed by atoms with E-state index in [2.05, 4.69) is 9.22 Å². The smallest absolute Gasteiger partial charge is 0.403 e. The fourth-order valence-corrected chi connectivity index (χ4v) is 5.09. The van der Waals surface area contributed by atoms with Crippen molar-refractivity contribution in [3.05, 3.63) is 82.4 Å². The molecule has 0 N–H and O–H groups in total. The zero-order valence-corrected chi connectivity index (χ0v) is 21.8. The second-order valence-corrected chi connectivity index (χ2v) is 9.77. The van der Waals surface area contributed by atoms with Crippen LogP contribution in [0, 0.1) is 5.82 Å². The topological polar surface area (TPSA) is 57.2 Å². The van der Waals surface area contributed by atoms with Crippen LogP contribution in [0.2, 0.25) is 0 Å². The number of rotatable bonds is 8. The summed E-state index contributed by atoms with van der Waals surface area (Å²) < 4.78 is 145. The number of halogens is 10. The van der Waals surface area contributed by atoms with Crippen molar-refractivity contribution in [1.82, 2.24) is 4.90 Å². The first-order valence-corrected chi connectivity index (χ1v) is 12.6. The molecule has 1 fully saturated rings. The number of alkyl halides is 9. The van der Waals surface area contributed by atoms with E-state index < -0.39 is 77.7 Å². The van der Waals surface area contributed by atoms with Crippen LogP contribution in [0.4, 0.5) is 43.9 Å². The molecular formula is C25H19F10NO5S. The van der Waals surface area contributed by atoms with E-state index in [9.17, 15) is 48.7 Å². The minimum Gasteiger partial charge on any atom is -0.403 e.